The van der Waals surface area contributed by atoms with Crippen LogP contribution in [0.2, 0.25) is 0 Å². The SMILES string of the molecule is CC1CC(C)N(CC2CCCC2=O)C1. The molecule has 3 unspecified atom stereocenters. The van der Waals surface area contributed by atoms with Gasteiger partial charge in [0.25, 0.3) is 0 Å². The predicted molar refractivity (Wildman–Crippen MR) is 57.2 cm³/mol. The average Bonchev–Trinajstić information content (AvgIpc) is 2.62. The Morgan fingerprint density at radius 3 is 2.71 bits per heavy atom. The number of rotatable bonds is 2. The van der Waals surface area contributed by atoms with E-state index in [0.29, 0.717) is 17.7 Å². The van der Waals surface area contributed by atoms with E-state index in [9.17, 15) is 4.79 Å². The van der Waals surface area contributed by atoms with Crippen molar-refractivity contribution >= 4 is 5.78 Å². The molecule has 0 aromatic heterocycles. The molecule has 0 N–H and O–H groups in total. The number of hydrogen-bond acceptors (Lipinski definition) is 2. The Morgan fingerprint density at radius 1 is 1.43 bits per heavy atom. The number of nitrogens with zero attached hydrogens (tertiary/aromatic N) is 1. The van der Waals surface area contributed by atoms with Gasteiger partial charge in [0.15, 0.2) is 0 Å². The van der Waals surface area contributed by atoms with Gasteiger partial charge in [0, 0.05) is 31.5 Å². The molecular formula is C12H21NO. The monoisotopic (exact) mass is 195 g/mol. The second-order valence-corrected chi connectivity index (χ2v) is 5.20. The van der Waals surface area contributed by atoms with Crippen molar-refractivity contribution < 1.29 is 4.79 Å². The van der Waals surface area contributed by atoms with Crippen molar-refractivity contribution in [1.82, 2.24) is 4.90 Å². The molecule has 80 valence electrons. The molecule has 0 aromatic rings. The van der Waals surface area contributed by atoms with Gasteiger partial charge in [-0.05, 0) is 32.1 Å². The van der Waals surface area contributed by atoms with E-state index in [1.807, 2.05) is 0 Å². The minimum absolute atomic E-state index is 0.364. The molecule has 1 aliphatic heterocycles. The van der Waals surface area contributed by atoms with E-state index in [-0.39, 0.29) is 0 Å². The number of Topliss-reactive ketones (excluding diaryl/α,β-unsaturated/α-hetero) is 1. The van der Waals surface area contributed by atoms with Crippen molar-refractivity contribution in [3.05, 3.63) is 0 Å². The summed E-state index contributed by atoms with van der Waals surface area (Å²) in [5, 5.41) is 0. The number of hydrogen-bond donors (Lipinski definition) is 0. The summed E-state index contributed by atoms with van der Waals surface area (Å²) in [7, 11) is 0. The lowest BCUT2D eigenvalue weighted by Gasteiger charge is -2.23. The third-order valence-electron chi connectivity index (χ3n) is 3.80. The Morgan fingerprint density at radius 2 is 2.21 bits per heavy atom. The first-order valence-corrected chi connectivity index (χ1v) is 5.93. The average molecular weight is 195 g/mol. The molecule has 0 radical (unpaired) electrons. The Bertz CT molecular complexity index is 226. The highest BCUT2D eigenvalue weighted by molar-refractivity contribution is 5.83. The Kier molecular flexibility index (Phi) is 2.91. The molecule has 0 bridgehead atoms. The molecule has 1 aliphatic carbocycles. The van der Waals surface area contributed by atoms with Gasteiger partial charge in [-0.15, -0.1) is 0 Å². The number of carbonyl (C=O) groups excluding carboxylic acids is 1. The van der Waals surface area contributed by atoms with E-state index in [4.69, 9.17) is 0 Å². The van der Waals surface area contributed by atoms with Crippen molar-refractivity contribution in [3.63, 3.8) is 0 Å². The molecule has 2 aliphatic rings. The minimum atomic E-state index is 0.364. The maximum absolute atomic E-state index is 11.5. The third kappa shape index (κ3) is 2.00. The van der Waals surface area contributed by atoms with Crippen LogP contribution in [0, 0.1) is 11.8 Å². The number of carbonyl (C=O) groups is 1. The summed E-state index contributed by atoms with van der Waals surface area (Å²) >= 11 is 0. The van der Waals surface area contributed by atoms with Gasteiger partial charge in [-0.25, -0.2) is 0 Å². The lowest BCUT2D eigenvalue weighted by atomic mass is 10.1. The summed E-state index contributed by atoms with van der Waals surface area (Å²) in [6.45, 7) is 6.84. The van der Waals surface area contributed by atoms with Crippen molar-refractivity contribution in [1.29, 1.82) is 0 Å². The third-order valence-corrected chi connectivity index (χ3v) is 3.80. The van der Waals surface area contributed by atoms with Gasteiger partial charge in [0.2, 0.25) is 0 Å². The molecule has 3 atom stereocenters. The van der Waals surface area contributed by atoms with Crippen molar-refractivity contribution in [2.24, 2.45) is 11.8 Å². The van der Waals surface area contributed by atoms with Gasteiger partial charge in [-0.3, -0.25) is 9.69 Å². The van der Waals surface area contributed by atoms with E-state index < -0.39 is 0 Å². The summed E-state index contributed by atoms with van der Waals surface area (Å²) in [5.74, 6) is 1.70. The summed E-state index contributed by atoms with van der Waals surface area (Å²) in [4.78, 5) is 14.0. The fraction of sp³-hybridized carbons (Fsp3) is 0.917. The Labute approximate surface area is 86.7 Å². The van der Waals surface area contributed by atoms with Crippen LogP contribution in [0.4, 0.5) is 0 Å². The first-order valence-electron chi connectivity index (χ1n) is 5.93. The van der Waals surface area contributed by atoms with Gasteiger partial charge < -0.3 is 0 Å². The molecule has 0 spiro atoms. The zero-order valence-electron chi connectivity index (χ0n) is 9.33. The fourth-order valence-corrected chi connectivity index (χ4v) is 3.00. The van der Waals surface area contributed by atoms with Gasteiger partial charge in [0.1, 0.15) is 5.78 Å². The lowest BCUT2D eigenvalue weighted by Crippen LogP contribution is -2.33. The molecular weight excluding hydrogens is 174 g/mol. The second kappa shape index (κ2) is 4.01. The fourth-order valence-electron chi connectivity index (χ4n) is 3.00. The molecule has 14 heavy (non-hydrogen) atoms. The molecule has 2 heteroatoms. The molecule has 0 amide bonds. The molecule has 2 nitrogen and oxygen atoms in total. The quantitative estimate of drug-likeness (QED) is 0.672. The van der Waals surface area contributed by atoms with Gasteiger partial charge in [0.05, 0.1) is 0 Å². The minimum Gasteiger partial charge on any atom is -0.300 e. The maximum Gasteiger partial charge on any atom is 0.137 e. The Hall–Kier alpha value is -0.370. The predicted octanol–water partition coefficient (Wildman–Crippen LogP) is 2.09. The number of ketones is 1. The summed E-state index contributed by atoms with van der Waals surface area (Å²) in [6, 6.07) is 0.693. The molecule has 1 heterocycles. The highest BCUT2D eigenvalue weighted by Gasteiger charge is 2.32. The van der Waals surface area contributed by atoms with E-state index in [2.05, 4.69) is 18.7 Å². The van der Waals surface area contributed by atoms with Gasteiger partial charge in [-0.1, -0.05) is 6.92 Å². The van der Waals surface area contributed by atoms with Crippen LogP contribution in [0.25, 0.3) is 0 Å². The first-order chi connectivity index (χ1) is 6.66. The van der Waals surface area contributed by atoms with Crippen LogP contribution < -0.4 is 0 Å². The normalized spacial score (nSPS) is 39.6. The first kappa shape index (κ1) is 10.2. The zero-order chi connectivity index (χ0) is 10.1. The Balaban J connectivity index is 1.88. The summed E-state index contributed by atoms with van der Waals surface area (Å²) in [6.07, 6.45) is 4.40. The zero-order valence-corrected chi connectivity index (χ0v) is 9.33. The highest BCUT2D eigenvalue weighted by Crippen LogP contribution is 2.27. The van der Waals surface area contributed by atoms with Crippen LogP contribution in [0.3, 0.4) is 0 Å². The van der Waals surface area contributed by atoms with Crippen molar-refractivity contribution in [2.45, 2.75) is 45.6 Å². The maximum atomic E-state index is 11.5. The second-order valence-electron chi connectivity index (χ2n) is 5.20. The van der Waals surface area contributed by atoms with Crippen LogP contribution in [0.15, 0.2) is 0 Å². The number of likely N-dealkylation sites (tertiary alicyclic amines) is 1. The molecule has 2 rings (SSSR count). The van der Waals surface area contributed by atoms with Crippen LogP contribution in [-0.2, 0) is 4.79 Å². The van der Waals surface area contributed by atoms with Crippen molar-refractivity contribution in [2.75, 3.05) is 13.1 Å². The van der Waals surface area contributed by atoms with Gasteiger partial charge >= 0.3 is 0 Å². The molecule has 0 aromatic carbocycles. The van der Waals surface area contributed by atoms with E-state index in [0.717, 1.165) is 31.7 Å². The smallest absolute Gasteiger partial charge is 0.137 e. The van der Waals surface area contributed by atoms with E-state index >= 15 is 0 Å². The van der Waals surface area contributed by atoms with E-state index in [1.54, 1.807) is 0 Å². The molecule has 2 fully saturated rings. The largest absolute Gasteiger partial charge is 0.300 e. The summed E-state index contributed by atoms with van der Waals surface area (Å²) in [5.41, 5.74) is 0. The lowest BCUT2D eigenvalue weighted by molar-refractivity contribution is -0.121. The van der Waals surface area contributed by atoms with Crippen LogP contribution in [-0.4, -0.2) is 29.8 Å². The van der Waals surface area contributed by atoms with Gasteiger partial charge in [-0.2, -0.15) is 0 Å². The molecule has 1 saturated heterocycles. The topological polar surface area (TPSA) is 20.3 Å². The van der Waals surface area contributed by atoms with E-state index in [1.165, 1.54) is 13.0 Å². The van der Waals surface area contributed by atoms with Crippen LogP contribution in [0.1, 0.15) is 39.5 Å². The van der Waals surface area contributed by atoms with Crippen molar-refractivity contribution in [3.8, 4) is 0 Å². The standard InChI is InChI=1S/C12H21NO/c1-9-6-10(2)13(7-9)8-11-4-3-5-12(11)14/h9-11H,3-8H2,1-2H3. The summed E-state index contributed by atoms with van der Waals surface area (Å²) < 4.78 is 0. The molecule has 1 saturated carbocycles. The van der Waals surface area contributed by atoms with Crippen LogP contribution >= 0.6 is 0 Å². The van der Waals surface area contributed by atoms with Crippen LogP contribution in [0.5, 0.6) is 0 Å². The highest BCUT2D eigenvalue weighted by atomic mass is 16.1.